The number of H-pyrrole nitrogens is 1. The molecule has 4 nitrogen and oxygen atoms in total. The summed E-state index contributed by atoms with van der Waals surface area (Å²) in [4.78, 5) is 19.1. The number of para-hydroxylation sites is 1. The topological polar surface area (TPSA) is 66.0 Å². The molecule has 0 unspecified atom stereocenters. The molecule has 96 valence electrons. The molecular formula is C16H10N2O2. The first-order valence-electron chi connectivity index (χ1n) is 6.27. The van der Waals surface area contributed by atoms with E-state index in [-0.39, 0.29) is 5.56 Å². The molecule has 4 rings (SSSR count). The van der Waals surface area contributed by atoms with E-state index >= 15 is 0 Å². The van der Waals surface area contributed by atoms with E-state index in [0.717, 1.165) is 21.8 Å². The van der Waals surface area contributed by atoms with E-state index in [4.69, 9.17) is 0 Å². The minimum Gasteiger partial charge on any atom is -0.478 e. The molecule has 4 heteroatoms. The van der Waals surface area contributed by atoms with Gasteiger partial charge in [0.15, 0.2) is 0 Å². The lowest BCUT2D eigenvalue weighted by Crippen LogP contribution is -1.98. The van der Waals surface area contributed by atoms with Crippen LogP contribution < -0.4 is 0 Å². The zero-order valence-electron chi connectivity index (χ0n) is 10.4. The number of benzene rings is 2. The lowest BCUT2D eigenvalue weighted by molar-refractivity contribution is 0.0699. The van der Waals surface area contributed by atoms with Crippen LogP contribution in [-0.2, 0) is 0 Å². The van der Waals surface area contributed by atoms with E-state index in [1.807, 2.05) is 30.3 Å². The molecule has 0 aliphatic heterocycles. The zero-order valence-corrected chi connectivity index (χ0v) is 10.4. The second kappa shape index (κ2) is 3.81. The van der Waals surface area contributed by atoms with Gasteiger partial charge < -0.3 is 10.1 Å². The fourth-order valence-electron chi connectivity index (χ4n) is 2.72. The number of pyridine rings is 1. The molecule has 0 amide bonds. The Labute approximate surface area is 113 Å². The van der Waals surface area contributed by atoms with Gasteiger partial charge in [-0.15, -0.1) is 0 Å². The molecule has 20 heavy (non-hydrogen) atoms. The lowest BCUT2D eigenvalue weighted by atomic mass is 10.1. The number of nitrogens with zero attached hydrogens (tertiary/aromatic N) is 1. The van der Waals surface area contributed by atoms with E-state index < -0.39 is 5.97 Å². The molecule has 2 aromatic carbocycles. The first kappa shape index (κ1) is 11.0. The van der Waals surface area contributed by atoms with Gasteiger partial charge in [-0.05, 0) is 18.2 Å². The highest BCUT2D eigenvalue weighted by Crippen LogP contribution is 2.31. The van der Waals surface area contributed by atoms with Crippen LogP contribution in [0.25, 0.3) is 32.7 Å². The third-order valence-electron chi connectivity index (χ3n) is 3.60. The number of carboxylic acid groups (broad SMARTS) is 1. The standard InChI is InChI=1S/C16H10N2O2/c19-16(20)10-5-3-7-13-14(10)15-11(8-17-13)9-4-1-2-6-12(9)18-15/h1-8,18H,(H,19,20). The number of rotatable bonds is 1. The summed E-state index contributed by atoms with van der Waals surface area (Å²) < 4.78 is 0. The molecule has 4 aromatic rings. The summed E-state index contributed by atoms with van der Waals surface area (Å²) in [5.41, 5.74) is 2.77. The second-order valence-corrected chi connectivity index (χ2v) is 4.72. The number of carboxylic acids is 1. The number of aromatic nitrogens is 2. The van der Waals surface area contributed by atoms with Crippen LogP contribution in [-0.4, -0.2) is 21.0 Å². The highest BCUT2D eigenvalue weighted by molar-refractivity contribution is 6.20. The maximum atomic E-state index is 11.4. The van der Waals surface area contributed by atoms with Crippen molar-refractivity contribution in [1.82, 2.24) is 9.97 Å². The summed E-state index contributed by atoms with van der Waals surface area (Å²) >= 11 is 0. The molecule has 2 aromatic heterocycles. The van der Waals surface area contributed by atoms with Gasteiger partial charge in [0.2, 0.25) is 0 Å². The molecule has 0 bridgehead atoms. The number of hydrogen-bond donors (Lipinski definition) is 2. The predicted octanol–water partition coefficient (Wildman–Crippen LogP) is 3.57. The minimum atomic E-state index is -0.941. The molecule has 2 heterocycles. The van der Waals surface area contributed by atoms with Crippen molar-refractivity contribution < 1.29 is 9.90 Å². The van der Waals surface area contributed by atoms with Crippen molar-refractivity contribution in [2.75, 3.05) is 0 Å². The van der Waals surface area contributed by atoms with Crippen LogP contribution in [0.2, 0.25) is 0 Å². The van der Waals surface area contributed by atoms with Crippen molar-refractivity contribution in [2.24, 2.45) is 0 Å². The third kappa shape index (κ3) is 1.36. The predicted molar refractivity (Wildman–Crippen MR) is 78.1 cm³/mol. The van der Waals surface area contributed by atoms with Gasteiger partial charge in [0.25, 0.3) is 0 Å². The molecule has 0 aliphatic rings. The summed E-state index contributed by atoms with van der Waals surface area (Å²) in [5, 5.41) is 12.0. The summed E-state index contributed by atoms with van der Waals surface area (Å²) in [5.74, 6) is -0.941. The van der Waals surface area contributed by atoms with Crippen LogP contribution in [0.4, 0.5) is 0 Å². The minimum absolute atomic E-state index is 0.271. The van der Waals surface area contributed by atoms with Crippen LogP contribution in [0.15, 0.2) is 48.7 Å². The molecule has 0 spiro atoms. The number of fused-ring (bicyclic) bond motifs is 5. The van der Waals surface area contributed by atoms with Crippen molar-refractivity contribution in [2.45, 2.75) is 0 Å². The van der Waals surface area contributed by atoms with Crippen LogP contribution in [0.1, 0.15) is 10.4 Å². The Balaban J connectivity index is 2.31. The Morgan fingerprint density at radius 3 is 2.75 bits per heavy atom. The number of nitrogens with one attached hydrogen (secondary N) is 1. The van der Waals surface area contributed by atoms with Crippen molar-refractivity contribution >= 4 is 38.7 Å². The number of aromatic amines is 1. The Kier molecular flexibility index (Phi) is 2.09. The average molecular weight is 262 g/mol. The van der Waals surface area contributed by atoms with E-state index in [2.05, 4.69) is 9.97 Å². The lowest BCUT2D eigenvalue weighted by Gasteiger charge is -2.03. The first-order chi connectivity index (χ1) is 9.75. The van der Waals surface area contributed by atoms with Gasteiger partial charge in [-0.3, -0.25) is 4.98 Å². The van der Waals surface area contributed by atoms with Crippen molar-refractivity contribution in [3.63, 3.8) is 0 Å². The summed E-state index contributed by atoms with van der Waals surface area (Å²) in [6, 6.07) is 13.0. The van der Waals surface area contributed by atoms with E-state index in [1.165, 1.54) is 0 Å². The first-order valence-corrected chi connectivity index (χ1v) is 6.27. The van der Waals surface area contributed by atoms with E-state index in [9.17, 15) is 9.90 Å². The van der Waals surface area contributed by atoms with Gasteiger partial charge >= 0.3 is 5.97 Å². The fraction of sp³-hybridized carbons (Fsp3) is 0. The normalized spacial score (nSPS) is 11.4. The molecule has 0 saturated carbocycles. The van der Waals surface area contributed by atoms with Crippen LogP contribution in [0.5, 0.6) is 0 Å². The summed E-state index contributed by atoms with van der Waals surface area (Å²) in [6.45, 7) is 0. The molecule has 0 fully saturated rings. The average Bonchev–Trinajstić information content (AvgIpc) is 2.85. The summed E-state index contributed by atoms with van der Waals surface area (Å²) in [6.07, 6.45) is 1.79. The van der Waals surface area contributed by atoms with Crippen molar-refractivity contribution in [3.05, 3.63) is 54.2 Å². The van der Waals surface area contributed by atoms with Crippen molar-refractivity contribution in [1.29, 1.82) is 0 Å². The van der Waals surface area contributed by atoms with Crippen molar-refractivity contribution in [3.8, 4) is 0 Å². The molecular weight excluding hydrogens is 252 g/mol. The number of carbonyl (C=O) groups is 1. The molecule has 0 aliphatic carbocycles. The zero-order chi connectivity index (χ0) is 13.7. The van der Waals surface area contributed by atoms with Gasteiger partial charge in [0, 0.05) is 27.9 Å². The second-order valence-electron chi connectivity index (χ2n) is 4.72. The van der Waals surface area contributed by atoms with Gasteiger partial charge in [0.1, 0.15) is 0 Å². The van der Waals surface area contributed by atoms with E-state index in [1.54, 1.807) is 18.3 Å². The van der Waals surface area contributed by atoms with E-state index in [0.29, 0.717) is 10.9 Å². The molecule has 2 N–H and O–H groups in total. The Morgan fingerprint density at radius 1 is 1.05 bits per heavy atom. The van der Waals surface area contributed by atoms with Crippen LogP contribution in [0, 0.1) is 0 Å². The van der Waals surface area contributed by atoms with Gasteiger partial charge in [-0.1, -0.05) is 24.3 Å². The Hall–Kier alpha value is -2.88. The van der Waals surface area contributed by atoms with Gasteiger partial charge in [-0.25, -0.2) is 4.79 Å². The third-order valence-corrected chi connectivity index (χ3v) is 3.60. The molecule has 0 atom stereocenters. The largest absolute Gasteiger partial charge is 0.478 e. The van der Waals surface area contributed by atoms with Gasteiger partial charge in [-0.2, -0.15) is 0 Å². The highest BCUT2D eigenvalue weighted by Gasteiger charge is 2.14. The Bertz CT molecular complexity index is 986. The van der Waals surface area contributed by atoms with Crippen LogP contribution >= 0.6 is 0 Å². The SMILES string of the molecule is O=C(O)c1cccc2ncc3c4ccccc4[nH]c3c12. The monoisotopic (exact) mass is 262 g/mol. The quantitative estimate of drug-likeness (QED) is 0.551. The molecule has 0 saturated heterocycles. The maximum Gasteiger partial charge on any atom is 0.336 e. The van der Waals surface area contributed by atoms with Crippen LogP contribution in [0.3, 0.4) is 0 Å². The number of aromatic carboxylic acids is 1. The maximum absolute atomic E-state index is 11.4. The summed E-state index contributed by atoms with van der Waals surface area (Å²) in [7, 11) is 0. The molecule has 0 radical (unpaired) electrons. The number of hydrogen-bond acceptors (Lipinski definition) is 2. The van der Waals surface area contributed by atoms with Gasteiger partial charge in [0.05, 0.1) is 16.6 Å². The smallest absolute Gasteiger partial charge is 0.336 e. The highest BCUT2D eigenvalue weighted by atomic mass is 16.4. The fourth-order valence-corrected chi connectivity index (χ4v) is 2.72. The Morgan fingerprint density at radius 2 is 1.90 bits per heavy atom.